The van der Waals surface area contributed by atoms with Crippen molar-refractivity contribution in [2.75, 3.05) is 42.9 Å². The molecular formula is C16H23ClN4O3. The fraction of sp³-hybridized carbons (Fsp3) is 0.562. The summed E-state index contributed by atoms with van der Waals surface area (Å²) in [6.45, 7) is 4.48. The Morgan fingerprint density at radius 2 is 1.92 bits per heavy atom. The van der Waals surface area contributed by atoms with Gasteiger partial charge in [0.15, 0.2) is 0 Å². The van der Waals surface area contributed by atoms with Crippen molar-refractivity contribution in [2.45, 2.75) is 25.7 Å². The second-order valence-electron chi connectivity index (χ2n) is 6.18. The van der Waals surface area contributed by atoms with E-state index in [-0.39, 0.29) is 24.0 Å². The molecule has 1 aromatic rings. The van der Waals surface area contributed by atoms with Gasteiger partial charge in [-0.05, 0) is 45.0 Å². The van der Waals surface area contributed by atoms with Crippen LogP contribution in [0, 0.1) is 10.1 Å². The zero-order valence-electron chi connectivity index (χ0n) is 13.6. The molecule has 8 heteroatoms. The van der Waals surface area contributed by atoms with E-state index >= 15 is 0 Å². The minimum absolute atomic E-state index is 0. The smallest absolute Gasteiger partial charge is 0.271 e. The van der Waals surface area contributed by atoms with Gasteiger partial charge in [0.2, 0.25) is 5.91 Å². The monoisotopic (exact) mass is 354 g/mol. The van der Waals surface area contributed by atoms with E-state index in [0.717, 1.165) is 25.2 Å². The number of nitro benzene ring substituents is 1. The molecule has 0 atom stereocenters. The molecule has 24 heavy (non-hydrogen) atoms. The third kappa shape index (κ3) is 4.36. The maximum absolute atomic E-state index is 11.8. The van der Waals surface area contributed by atoms with Crippen molar-refractivity contribution >= 4 is 35.4 Å². The fourth-order valence-corrected chi connectivity index (χ4v) is 3.33. The van der Waals surface area contributed by atoms with Crippen LogP contribution in [0.15, 0.2) is 18.2 Å². The molecule has 0 spiro atoms. The van der Waals surface area contributed by atoms with Crippen LogP contribution in [0.1, 0.15) is 25.7 Å². The van der Waals surface area contributed by atoms with Gasteiger partial charge in [-0.3, -0.25) is 14.9 Å². The maximum atomic E-state index is 11.8. The molecule has 2 aliphatic heterocycles. The van der Waals surface area contributed by atoms with Gasteiger partial charge in [0, 0.05) is 18.7 Å². The summed E-state index contributed by atoms with van der Waals surface area (Å²) in [7, 11) is 0. The number of non-ortho nitro benzene ring substituents is 1. The highest BCUT2D eigenvalue weighted by Gasteiger charge is 2.24. The van der Waals surface area contributed by atoms with Crippen LogP contribution in [0.4, 0.5) is 17.1 Å². The van der Waals surface area contributed by atoms with Crippen molar-refractivity contribution in [1.82, 2.24) is 4.90 Å². The zero-order valence-corrected chi connectivity index (χ0v) is 14.4. The molecule has 0 aromatic heterocycles. The predicted molar refractivity (Wildman–Crippen MR) is 96.1 cm³/mol. The van der Waals surface area contributed by atoms with E-state index in [2.05, 4.69) is 10.2 Å². The normalized spacial score (nSPS) is 17.7. The van der Waals surface area contributed by atoms with Crippen molar-refractivity contribution in [3.05, 3.63) is 28.3 Å². The lowest BCUT2D eigenvalue weighted by molar-refractivity contribution is -0.384. The minimum Gasteiger partial charge on any atom is -0.360 e. The summed E-state index contributed by atoms with van der Waals surface area (Å²) < 4.78 is 0. The quantitative estimate of drug-likeness (QED) is 0.649. The Balaban J connectivity index is 0.00000208. The van der Waals surface area contributed by atoms with Crippen LogP contribution in [0.25, 0.3) is 0 Å². The summed E-state index contributed by atoms with van der Waals surface area (Å²) >= 11 is 0. The molecule has 0 aliphatic carbocycles. The SMILES string of the molecule is Cl.O=C1CN(CCCN2CCCCC2)c2ccc([N+](=O)[O-])cc2N1. The van der Waals surface area contributed by atoms with E-state index in [1.165, 1.54) is 44.5 Å². The summed E-state index contributed by atoms with van der Waals surface area (Å²) in [5.41, 5.74) is 1.40. The van der Waals surface area contributed by atoms with E-state index in [1.54, 1.807) is 6.07 Å². The van der Waals surface area contributed by atoms with Gasteiger partial charge in [0.05, 0.1) is 22.8 Å². The number of nitrogens with one attached hydrogen (secondary N) is 1. The molecule has 3 rings (SSSR count). The average molecular weight is 355 g/mol. The van der Waals surface area contributed by atoms with Gasteiger partial charge in [-0.25, -0.2) is 0 Å². The number of nitro groups is 1. The molecule has 0 bridgehead atoms. The number of amides is 1. The number of likely N-dealkylation sites (tertiary alicyclic amines) is 1. The number of nitrogens with zero attached hydrogens (tertiary/aromatic N) is 3. The number of carbonyl (C=O) groups is 1. The Labute approximate surface area is 147 Å². The number of benzene rings is 1. The second kappa shape index (κ2) is 8.30. The standard InChI is InChI=1S/C16H22N4O3.ClH/c21-16-12-19(10-4-9-18-7-2-1-3-8-18)15-6-5-13(20(22)23)11-14(15)17-16;/h5-6,11H,1-4,7-10,12H2,(H,17,21);1H. The molecule has 1 amide bonds. The van der Waals surface area contributed by atoms with Gasteiger partial charge >= 0.3 is 0 Å². The molecule has 1 saturated heterocycles. The topological polar surface area (TPSA) is 78.7 Å². The third-order valence-electron chi connectivity index (χ3n) is 4.49. The van der Waals surface area contributed by atoms with Crippen LogP contribution in [0.5, 0.6) is 0 Å². The molecule has 2 heterocycles. The number of halogens is 1. The number of hydrogen-bond donors (Lipinski definition) is 1. The predicted octanol–water partition coefficient (Wildman–Crippen LogP) is 2.65. The highest BCUT2D eigenvalue weighted by atomic mass is 35.5. The van der Waals surface area contributed by atoms with Gasteiger partial charge in [-0.1, -0.05) is 6.42 Å². The van der Waals surface area contributed by atoms with Crippen LogP contribution in [-0.4, -0.2) is 48.5 Å². The van der Waals surface area contributed by atoms with Crippen LogP contribution < -0.4 is 10.2 Å². The Bertz CT molecular complexity index is 605. The lowest BCUT2D eigenvalue weighted by atomic mass is 10.1. The van der Waals surface area contributed by atoms with Crippen molar-refractivity contribution < 1.29 is 9.72 Å². The van der Waals surface area contributed by atoms with Crippen molar-refractivity contribution in [2.24, 2.45) is 0 Å². The van der Waals surface area contributed by atoms with Crippen LogP contribution >= 0.6 is 12.4 Å². The van der Waals surface area contributed by atoms with Crippen LogP contribution in [0.2, 0.25) is 0 Å². The summed E-state index contributed by atoms with van der Waals surface area (Å²) in [6, 6.07) is 4.66. The Morgan fingerprint density at radius 1 is 1.17 bits per heavy atom. The highest BCUT2D eigenvalue weighted by molar-refractivity contribution is 6.01. The summed E-state index contributed by atoms with van der Waals surface area (Å²) in [6.07, 6.45) is 4.87. The number of anilines is 2. The van der Waals surface area contributed by atoms with Gasteiger partial charge in [-0.15, -0.1) is 12.4 Å². The molecule has 1 aromatic carbocycles. The summed E-state index contributed by atoms with van der Waals surface area (Å²) in [4.78, 5) is 26.8. The molecule has 132 valence electrons. The number of piperidine rings is 1. The van der Waals surface area contributed by atoms with E-state index in [9.17, 15) is 14.9 Å². The zero-order chi connectivity index (χ0) is 16.2. The average Bonchev–Trinajstić information content (AvgIpc) is 2.55. The molecule has 0 unspecified atom stereocenters. The molecular weight excluding hydrogens is 332 g/mol. The number of hydrogen-bond acceptors (Lipinski definition) is 5. The van der Waals surface area contributed by atoms with Crippen LogP contribution in [-0.2, 0) is 4.79 Å². The summed E-state index contributed by atoms with van der Waals surface area (Å²) in [5.74, 6) is -0.115. The first kappa shape index (κ1) is 18.5. The molecule has 1 N–H and O–H groups in total. The number of rotatable bonds is 5. The Hall–Kier alpha value is -1.86. The molecule has 0 radical (unpaired) electrons. The number of carbonyl (C=O) groups excluding carboxylic acids is 1. The van der Waals surface area contributed by atoms with Crippen LogP contribution in [0.3, 0.4) is 0 Å². The van der Waals surface area contributed by atoms with E-state index in [4.69, 9.17) is 0 Å². The first-order valence-corrected chi connectivity index (χ1v) is 8.19. The Morgan fingerprint density at radius 3 is 2.62 bits per heavy atom. The van der Waals surface area contributed by atoms with E-state index in [0.29, 0.717) is 12.2 Å². The molecule has 0 saturated carbocycles. The van der Waals surface area contributed by atoms with Gasteiger partial charge in [0.25, 0.3) is 5.69 Å². The lowest BCUT2D eigenvalue weighted by Crippen LogP contribution is -2.40. The number of fused-ring (bicyclic) bond motifs is 1. The van der Waals surface area contributed by atoms with Gasteiger partial charge in [-0.2, -0.15) is 0 Å². The highest BCUT2D eigenvalue weighted by Crippen LogP contribution is 2.32. The largest absolute Gasteiger partial charge is 0.360 e. The summed E-state index contributed by atoms with van der Waals surface area (Å²) in [5, 5.41) is 13.6. The van der Waals surface area contributed by atoms with Crippen molar-refractivity contribution in [3.8, 4) is 0 Å². The molecule has 7 nitrogen and oxygen atoms in total. The third-order valence-corrected chi connectivity index (χ3v) is 4.49. The minimum atomic E-state index is -0.443. The first-order chi connectivity index (χ1) is 11.1. The van der Waals surface area contributed by atoms with Gasteiger partial charge < -0.3 is 15.1 Å². The first-order valence-electron chi connectivity index (χ1n) is 8.19. The van der Waals surface area contributed by atoms with Crippen molar-refractivity contribution in [1.29, 1.82) is 0 Å². The maximum Gasteiger partial charge on any atom is 0.271 e. The fourth-order valence-electron chi connectivity index (χ4n) is 3.33. The second-order valence-corrected chi connectivity index (χ2v) is 6.18. The van der Waals surface area contributed by atoms with Crippen molar-refractivity contribution in [3.63, 3.8) is 0 Å². The van der Waals surface area contributed by atoms with E-state index in [1.807, 2.05) is 4.90 Å². The molecule has 2 aliphatic rings. The van der Waals surface area contributed by atoms with E-state index < -0.39 is 4.92 Å². The lowest BCUT2D eigenvalue weighted by Gasteiger charge is -2.32. The molecule has 1 fully saturated rings. The van der Waals surface area contributed by atoms with Gasteiger partial charge in [0.1, 0.15) is 0 Å². The Kier molecular flexibility index (Phi) is 6.39.